The third kappa shape index (κ3) is 2.30. The minimum atomic E-state index is -0.675. The molecule has 0 aliphatic carbocycles. The molecular weight excluding hydrogens is 323 g/mol. The van der Waals surface area contributed by atoms with Crippen LogP contribution in [0, 0.1) is 29.5 Å². The second-order valence-electron chi connectivity index (χ2n) is 5.44. The van der Waals surface area contributed by atoms with E-state index in [0.717, 1.165) is 12.3 Å². The molecule has 0 amide bonds. The number of hydrogen-bond donors (Lipinski definition) is 4. The number of aryl methyl sites for hydroxylation is 1. The molecule has 3 rings (SSSR count). The van der Waals surface area contributed by atoms with Gasteiger partial charge in [0, 0.05) is 23.5 Å². The van der Waals surface area contributed by atoms with Gasteiger partial charge in [-0.25, -0.2) is 4.39 Å². The second kappa shape index (κ2) is 5.72. The van der Waals surface area contributed by atoms with Crippen molar-refractivity contribution in [3.05, 3.63) is 51.2 Å². The fraction of sp³-hybridized carbons (Fsp3) is 0.0588. The van der Waals surface area contributed by atoms with Gasteiger partial charge in [-0.3, -0.25) is 9.78 Å². The molecule has 2 heterocycles. The van der Waals surface area contributed by atoms with Crippen LogP contribution in [0.25, 0.3) is 22.2 Å². The Morgan fingerprint density at radius 2 is 2.08 bits per heavy atom. The summed E-state index contributed by atoms with van der Waals surface area (Å²) in [6.07, 6.45) is 2.27. The lowest BCUT2D eigenvalue weighted by molar-refractivity contribution is 0.632. The average Bonchev–Trinajstić information content (AvgIpc) is 2.60. The maximum absolute atomic E-state index is 13.7. The molecule has 0 atom stereocenters. The van der Waals surface area contributed by atoms with E-state index >= 15 is 0 Å². The first-order valence-electron chi connectivity index (χ1n) is 7.20. The van der Waals surface area contributed by atoms with Gasteiger partial charge in [-0.05, 0) is 24.1 Å². The van der Waals surface area contributed by atoms with Gasteiger partial charge in [0.05, 0.1) is 22.3 Å². The maximum atomic E-state index is 13.7. The number of benzene rings is 1. The molecule has 0 spiro atoms. The molecule has 0 radical (unpaired) electrons. The first kappa shape index (κ1) is 16.1. The van der Waals surface area contributed by atoms with E-state index in [1.807, 2.05) is 6.07 Å². The van der Waals surface area contributed by atoms with Crippen LogP contribution in [0.2, 0.25) is 0 Å². The SMILES string of the molecule is Cc1c(C#N)cnc2c(-c3ccc(F)c(N)c3C=N)c(N)c(=O)[nH]c12. The van der Waals surface area contributed by atoms with Crippen LogP contribution in [-0.4, -0.2) is 16.2 Å². The highest BCUT2D eigenvalue weighted by Gasteiger charge is 2.20. The molecule has 0 saturated carbocycles. The number of halogens is 1. The summed E-state index contributed by atoms with van der Waals surface area (Å²) in [6, 6.07) is 4.53. The van der Waals surface area contributed by atoms with E-state index in [4.69, 9.17) is 22.1 Å². The Kier molecular flexibility index (Phi) is 3.69. The van der Waals surface area contributed by atoms with Gasteiger partial charge >= 0.3 is 0 Å². The highest BCUT2D eigenvalue weighted by Crippen LogP contribution is 2.35. The van der Waals surface area contributed by atoms with Crippen LogP contribution in [0.3, 0.4) is 0 Å². The van der Waals surface area contributed by atoms with E-state index in [9.17, 15) is 9.18 Å². The van der Waals surface area contributed by atoms with Gasteiger partial charge < -0.3 is 21.9 Å². The summed E-state index contributed by atoms with van der Waals surface area (Å²) in [4.78, 5) is 19.1. The van der Waals surface area contributed by atoms with E-state index in [0.29, 0.717) is 27.7 Å². The number of aromatic nitrogens is 2. The molecular formula is C17H13FN6O. The Bertz CT molecular complexity index is 1140. The minimum absolute atomic E-state index is 0.0995. The predicted octanol–water partition coefficient (Wildman–Crippen LogP) is 2.07. The lowest BCUT2D eigenvalue weighted by Crippen LogP contribution is -2.15. The number of hydrogen-bond acceptors (Lipinski definition) is 6. The number of pyridine rings is 2. The zero-order valence-corrected chi connectivity index (χ0v) is 13.1. The molecule has 0 fully saturated rings. The van der Waals surface area contributed by atoms with Gasteiger partial charge in [0.1, 0.15) is 17.6 Å². The molecule has 8 heteroatoms. The summed E-state index contributed by atoms with van der Waals surface area (Å²) in [6.45, 7) is 1.68. The Labute approximate surface area is 141 Å². The van der Waals surface area contributed by atoms with Crippen molar-refractivity contribution in [2.75, 3.05) is 11.5 Å². The summed E-state index contributed by atoms with van der Waals surface area (Å²) in [5.41, 5.74) is 13.0. The molecule has 3 aromatic rings. The summed E-state index contributed by atoms with van der Waals surface area (Å²) >= 11 is 0. The van der Waals surface area contributed by atoms with Gasteiger partial charge in [-0.1, -0.05) is 6.07 Å². The van der Waals surface area contributed by atoms with E-state index in [1.165, 1.54) is 12.3 Å². The molecule has 7 nitrogen and oxygen atoms in total. The number of nitrogens with zero attached hydrogens (tertiary/aromatic N) is 2. The monoisotopic (exact) mass is 336 g/mol. The van der Waals surface area contributed by atoms with Crippen LogP contribution in [0.4, 0.5) is 15.8 Å². The van der Waals surface area contributed by atoms with Gasteiger partial charge in [0.2, 0.25) is 0 Å². The lowest BCUT2D eigenvalue weighted by atomic mass is 9.95. The van der Waals surface area contributed by atoms with E-state index < -0.39 is 11.4 Å². The van der Waals surface area contributed by atoms with Crippen molar-refractivity contribution in [1.82, 2.24) is 9.97 Å². The number of fused-ring (bicyclic) bond motifs is 1. The van der Waals surface area contributed by atoms with Crippen molar-refractivity contribution in [2.24, 2.45) is 0 Å². The van der Waals surface area contributed by atoms with E-state index in [1.54, 1.807) is 6.92 Å². The van der Waals surface area contributed by atoms with Crippen molar-refractivity contribution in [3.8, 4) is 17.2 Å². The molecule has 2 aromatic heterocycles. The first-order chi connectivity index (χ1) is 11.9. The number of nitrogen functional groups attached to an aromatic ring is 2. The van der Waals surface area contributed by atoms with Crippen LogP contribution in [-0.2, 0) is 0 Å². The van der Waals surface area contributed by atoms with E-state index in [-0.39, 0.29) is 22.5 Å². The number of nitriles is 1. The molecule has 0 aliphatic rings. The van der Waals surface area contributed by atoms with Gasteiger partial charge in [0.25, 0.3) is 5.56 Å². The highest BCUT2D eigenvalue weighted by atomic mass is 19.1. The fourth-order valence-electron chi connectivity index (χ4n) is 2.74. The molecule has 6 N–H and O–H groups in total. The molecule has 0 unspecified atom stereocenters. The van der Waals surface area contributed by atoms with Gasteiger partial charge in [0.15, 0.2) is 0 Å². The normalized spacial score (nSPS) is 10.6. The topological polar surface area (TPSA) is 145 Å². The molecule has 25 heavy (non-hydrogen) atoms. The fourth-order valence-corrected chi connectivity index (χ4v) is 2.74. The number of aromatic amines is 1. The molecule has 0 bridgehead atoms. The van der Waals surface area contributed by atoms with Crippen LogP contribution in [0.15, 0.2) is 23.1 Å². The van der Waals surface area contributed by atoms with Crippen molar-refractivity contribution in [2.45, 2.75) is 6.92 Å². The standard InChI is InChI=1S/C17H13FN6O/c1-7-8(4-19)6-23-16-12(14(22)17(25)24-15(7)16)9-2-3-11(18)13(21)10(9)5-20/h2-3,5-6,20H,21-22H2,1H3,(H,24,25). The minimum Gasteiger partial charge on any atom is -0.396 e. The highest BCUT2D eigenvalue weighted by molar-refractivity contribution is 6.05. The Balaban J connectivity index is 2.54. The number of nitrogens with two attached hydrogens (primary N) is 2. The first-order valence-corrected chi connectivity index (χ1v) is 7.20. The van der Waals surface area contributed by atoms with Gasteiger partial charge in [-0.15, -0.1) is 0 Å². The number of rotatable bonds is 2. The summed E-state index contributed by atoms with van der Waals surface area (Å²) in [5, 5.41) is 16.7. The summed E-state index contributed by atoms with van der Waals surface area (Å²) in [7, 11) is 0. The largest absolute Gasteiger partial charge is 0.396 e. The molecule has 124 valence electrons. The Morgan fingerprint density at radius 3 is 2.72 bits per heavy atom. The maximum Gasteiger partial charge on any atom is 0.272 e. The third-order valence-corrected chi connectivity index (χ3v) is 4.10. The number of nitrogens with one attached hydrogen (secondary N) is 2. The van der Waals surface area contributed by atoms with Crippen molar-refractivity contribution >= 4 is 28.6 Å². The lowest BCUT2D eigenvalue weighted by Gasteiger charge is -2.14. The second-order valence-corrected chi connectivity index (χ2v) is 5.44. The predicted molar refractivity (Wildman–Crippen MR) is 93.9 cm³/mol. The summed E-state index contributed by atoms with van der Waals surface area (Å²) in [5.74, 6) is -0.675. The Hall–Kier alpha value is -3.73. The van der Waals surface area contributed by atoms with Crippen LogP contribution in [0.5, 0.6) is 0 Å². The van der Waals surface area contributed by atoms with E-state index in [2.05, 4.69) is 9.97 Å². The van der Waals surface area contributed by atoms with Crippen LogP contribution in [0.1, 0.15) is 16.7 Å². The van der Waals surface area contributed by atoms with Crippen LogP contribution >= 0.6 is 0 Å². The van der Waals surface area contributed by atoms with Crippen molar-refractivity contribution < 1.29 is 4.39 Å². The molecule has 0 saturated heterocycles. The number of H-pyrrole nitrogens is 1. The van der Waals surface area contributed by atoms with Crippen molar-refractivity contribution in [1.29, 1.82) is 10.7 Å². The number of anilines is 2. The molecule has 1 aromatic carbocycles. The van der Waals surface area contributed by atoms with Gasteiger partial charge in [-0.2, -0.15) is 5.26 Å². The van der Waals surface area contributed by atoms with Crippen molar-refractivity contribution in [3.63, 3.8) is 0 Å². The quantitative estimate of drug-likeness (QED) is 0.418. The molecule has 0 aliphatic heterocycles. The smallest absolute Gasteiger partial charge is 0.272 e. The summed E-state index contributed by atoms with van der Waals surface area (Å²) < 4.78 is 13.7. The third-order valence-electron chi connectivity index (χ3n) is 4.10. The van der Waals surface area contributed by atoms with Crippen LogP contribution < -0.4 is 17.0 Å². The zero-order valence-electron chi connectivity index (χ0n) is 13.1. The average molecular weight is 336 g/mol. The Morgan fingerprint density at radius 1 is 1.36 bits per heavy atom. The zero-order chi connectivity index (χ0) is 18.3.